The molecule has 0 atom stereocenters. The van der Waals surface area contributed by atoms with Crippen LogP contribution < -0.4 is 5.32 Å². The summed E-state index contributed by atoms with van der Waals surface area (Å²) in [6.45, 7) is 0. The number of hydrogen-bond acceptors (Lipinski definition) is 5. The number of pyridine rings is 1. The molecule has 98 valence electrons. The summed E-state index contributed by atoms with van der Waals surface area (Å²) in [4.78, 5) is 14.6. The fourth-order valence-electron chi connectivity index (χ4n) is 2.38. The zero-order valence-corrected chi connectivity index (χ0v) is 10.1. The summed E-state index contributed by atoms with van der Waals surface area (Å²) in [5, 5.41) is 24.9. The molecule has 0 spiro atoms. The zero-order chi connectivity index (χ0) is 13.4. The molecule has 1 saturated carbocycles. The number of nitrogens with one attached hydrogen (secondary N) is 1. The fourth-order valence-corrected chi connectivity index (χ4v) is 2.38. The van der Waals surface area contributed by atoms with E-state index in [9.17, 15) is 15.2 Å². The van der Waals surface area contributed by atoms with Crippen molar-refractivity contribution in [2.24, 2.45) is 0 Å². The predicted octanol–water partition coefficient (Wildman–Crippen LogP) is 2.08. The number of anilines is 1. The van der Waals surface area contributed by atoms with Crippen molar-refractivity contribution >= 4 is 22.1 Å². The molecule has 19 heavy (non-hydrogen) atoms. The van der Waals surface area contributed by atoms with Crippen LogP contribution in [0.2, 0.25) is 0 Å². The third-order valence-corrected chi connectivity index (χ3v) is 3.46. The Bertz CT molecular complexity index is 638. The summed E-state index contributed by atoms with van der Waals surface area (Å²) in [5.74, 6) is 0. The van der Waals surface area contributed by atoms with E-state index < -0.39 is 0 Å². The third kappa shape index (κ3) is 2.10. The zero-order valence-electron chi connectivity index (χ0n) is 10.1. The van der Waals surface area contributed by atoms with Gasteiger partial charge in [0.25, 0.3) is 5.69 Å². The van der Waals surface area contributed by atoms with Gasteiger partial charge >= 0.3 is 0 Å². The van der Waals surface area contributed by atoms with Gasteiger partial charge in [-0.05, 0) is 25.0 Å². The lowest BCUT2D eigenvalue weighted by atomic mass is 9.89. The number of nitrogens with zero attached hydrogens (tertiary/aromatic N) is 2. The van der Waals surface area contributed by atoms with Crippen LogP contribution in [0.1, 0.15) is 12.8 Å². The van der Waals surface area contributed by atoms with Crippen LogP contribution in [0, 0.1) is 10.1 Å². The second kappa shape index (κ2) is 4.47. The molecule has 6 heteroatoms. The van der Waals surface area contributed by atoms with Crippen molar-refractivity contribution in [2.75, 3.05) is 5.32 Å². The van der Waals surface area contributed by atoms with Crippen LogP contribution in [0.4, 0.5) is 11.4 Å². The maximum absolute atomic E-state index is 11.0. The number of aliphatic hydroxyl groups excluding tert-OH is 1. The number of rotatable bonds is 3. The molecular formula is C13H13N3O3. The highest BCUT2D eigenvalue weighted by molar-refractivity contribution is 5.99. The minimum atomic E-state index is -0.390. The molecule has 0 aliphatic heterocycles. The van der Waals surface area contributed by atoms with Crippen LogP contribution in [0.3, 0.4) is 0 Å². The van der Waals surface area contributed by atoms with Crippen molar-refractivity contribution in [1.82, 2.24) is 4.98 Å². The van der Waals surface area contributed by atoms with E-state index in [1.165, 1.54) is 6.07 Å². The number of nitro benzene ring substituents is 1. The van der Waals surface area contributed by atoms with Gasteiger partial charge in [0.1, 0.15) is 0 Å². The Morgan fingerprint density at radius 2 is 2.11 bits per heavy atom. The molecule has 1 fully saturated rings. The molecule has 0 radical (unpaired) electrons. The van der Waals surface area contributed by atoms with Gasteiger partial charge in [0, 0.05) is 35.6 Å². The molecule has 6 nitrogen and oxygen atoms in total. The van der Waals surface area contributed by atoms with Crippen LogP contribution >= 0.6 is 0 Å². The first kappa shape index (κ1) is 11.9. The van der Waals surface area contributed by atoms with Gasteiger partial charge in [0.15, 0.2) is 0 Å². The second-order valence-corrected chi connectivity index (χ2v) is 4.78. The lowest BCUT2D eigenvalue weighted by molar-refractivity contribution is -0.383. The number of nitro groups is 1. The maximum atomic E-state index is 11.0. The van der Waals surface area contributed by atoms with Gasteiger partial charge in [0.05, 0.1) is 16.4 Å². The van der Waals surface area contributed by atoms with Crippen LogP contribution in [0.5, 0.6) is 0 Å². The maximum Gasteiger partial charge on any atom is 0.277 e. The van der Waals surface area contributed by atoms with Crippen molar-refractivity contribution in [3.63, 3.8) is 0 Å². The van der Waals surface area contributed by atoms with Gasteiger partial charge in [-0.25, -0.2) is 0 Å². The van der Waals surface area contributed by atoms with Gasteiger partial charge in [-0.1, -0.05) is 0 Å². The molecule has 1 aromatic carbocycles. The number of hydrogen-bond donors (Lipinski definition) is 2. The average molecular weight is 259 g/mol. The summed E-state index contributed by atoms with van der Waals surface area (Å²) in [6, 6.07) is 5.07. The van der Waals surface area contributed by atoms with Crippen molar-refractivity contribution in [1.29, 1.82) is 0 Å². The summed E-state index contributed by atoms with van der Waals surface area (Å²) >= 11 is 0. The average Bonchev–Trinajstić information content (AvgIpc) is 2.36. The van der Waals surface area contributed by atoms with E-state index in [0.717, 1.165) is 11.1 Å². The molecule has 0 bridgehead atoms. The summed E-state index contributed by atoms with van der Waals surface area (Å²) in [7, 11) is 0. The lowest BCUT2D eigenvalue weighted by Gasteiger charge is -2.33. The van der Waals surface area contributed by atoms with E-state index in [4.69, 9.17) is 0 Å². The Kier molecular flexibility index (Phi) is 2.79. The molecule has 1 aromatic heterocycles. The molecule has 0 saturated heterocycles. The molecule has 3 rings (SSSR count). The Labute approximate surface area is 109 Å². The van der Waals surface area contributed by atoms with Crippen LogP contribution in [0.15, 0.2) is 30.6 Å². The van der Waals surface area contributed by atoms with E-state index >= 15 is 0 Å². The first-order valence-electron chi connectivity index (χ1n) is 6.11. The number of aromatic nitrogens is 1. The molecule has 1 aliphatic carbocycles. The number of fused-ring (bicyclic) bond motifs is 1. The molecule has 1 aliphatic rings. The predicted molar refractivity (Wildman–Crippen MR) is 71.0 cm³/mol. The molecule has 0 unspecified atom stereocenters. The summed E-state index contributed by atoms with van der Waals surface area (Å²) < 4.78 is 0. The number of aliphatic hydroxyl groups is 1. The highest BCUT2D eigenvalue weighted by Crippen LogP contribution is 2.33. The number of benzene rings is 1. The lowest BCUT2D eigenvalue weighted by Crippen LogP contribution is -2.38. The standard InChI is InChI=1S/C13H13N3O3/c17-9-5-8(6-9)15-12-1-2-13(16(18)19)10-3-4-14-7-11(10)12/h1-4,7-9,15,17H,5-6H2. The van der Waals surface area contributed by atoms with Crippen molar-refractivity contribution in [2.45, 2.75) is 25.0 Å². The van der Waals surface area contributed by atoms with E-state index in [1.807, 2.05) is 0 Å². The van der Waals surface area contributed by atoms with Crippen molar-refractivity contribution < 1.29 is 10.0 Å². The Balaban J connectivity index is 2.01. The van der Waals surface area contributed by atoms with Gasteiger partial charge in [-0.3, -0.25) is 15.1 Å². The SMILES string of the molecule is O=[N+]([O-])c1ccc(NC2CC(O)C2)c2cnccc12. The van der Waals surface area contributed by atoms with Crippen molar-refractivity contribution in [3.05, 3.63) is 40.7 Å². The Morgan fingerprint density at radius 3 is 2.79 bits per heavy atom. The minimum absolute atomic E-state index is 0.0802. The second-order valence-electron chi connectivity index (χ2n) is 4.78. The van der Waals surface area contributed by atoms with E-state index in [-0.39, 0.29) is 22.8 Å². The van der Waals surface area contributed by atoms with E-state index in [0.29, 0.717) is 18.2 Å². The molecule has 1 heterocycles. The van der Waals surface area contributed by atoms with Gasteiger partial charge in [-0.15, -0.1) is 0 Å². The monoisotopic (exact) mass is 259 g/mol. The van der Waals surface area contributed by atoms with Gasteiger partial charge in [-0.2, -0.15) is 0 Å². The first-order valence-corrected chi connectivity index (χ1v) is 6.11. The van der Waals surface area contributed by atoms with E-state index in [2.05, 4.69) is 10.3 Å². The number of non-ortho nitro benzene ring substituents is 1. The van der Waals surface area contributed by atoms with Crippen LogP contribution in [-0.2, 0) is 0 Å². The molecular weight excluding hydrogens is 246 g/mol. The first-order chi connectivity index (χ1) is 9.15. The fraction of sp³-hybridized carbons (Fsp3) is 0.308. The van der Waals surface area contributed by atoms with Crippen LogP contribution in [-0.4, -0.2) is 27.2 Å². The van der Waals surface area contributed by atoms with Gasteiger partial charge < -0.3 is 10.4 Å². The normalized spacial score (nSPS) is 21.9. The van der Waals surface area contributed by atoms with Crippen LogP contribution in [0.25, 0.3) is 10.8 Å². The van der Waals surface area contributed by atoms with Crippen molar-refractivity contribution in [3.8, 4) is 0 Å². The summed E-state index contributed by atoms with van der Waals surface area (Å²) in [6.07, 6.45) is 4.35. The Hall–Kier alpha value is -2.21. The molecule has 0 amide bonds. The highest BCUT2D eigenvalue weighted by Gasteiger charge is 2.27. The molecule has 2 aromatic rings. The largest absolute Gasteiger partial charge is 0.393 e. The van der Waals surface area contributed by atoms with E-state index in [1.54, 1.807) is 24.5 Å². The quantitative estimate of drug-likeness (QED) is 0.650. The smallest absolute Gasteiger partial charge is 0.277 e. The third-order valence-electron chi connectivity index (χ3n) is 3.46. The highest BCUT2D eigenvalue weighted by atomic mass is 16.6. The topological polar surface area (TPSA) is 88.3 Å². The molecule has 2 N–H and O–H groups in total. The Morgan fingerprint density at radius 1 is 1.32 bits per heavy atom. The minimum Gasteiger partial charge on any atom is -0.393 e. The summed E-state index contributed by atoms with van der Waals surface area (Å²) in [5.41, 5.74) is 0.905. The van der Waals surface area contributed by atoms with Gasteiger partial charge in [0.2, 0.25) is 0 Å².